The van der Waals surface area contributed by atoms with E-state index >= 15 is 0 Å². The quantitative estimate of drug-likeness (QED) is 0.909. The number of aryl methyl sites for hydroxylation is 1. The summed E-state index contributed by atoms with van der Waals surface area (Å²) in [5, 5.41) is 4.45. The van der Waals surface area contributed by atoms with Gasteiger partial charge in [0, 0.05) is 25.5 Å². The predicted molar refractivity (Wildman–Crippen MR) is 76.3 cm³/mol. The van der Waals surface area contributed by atoms with Crippen LogP contribution in [-0.2, 0) is 0 Å². The van der Waals surface area contributed by atoms with E-state index in [1.165, 1.54) is 12.8 Å². The molecule has 0 unspecified atom stereocenters. The number of rotatable bonds is 3. The Labute approximate surface area is 113 Å². The van der Waals surface area contributed by atoms with Crippen molar-refractivity contribution in [3.63, 3.8) is 0 Å². The molecule has 2 aromatic rings. The lowest BCUT2D eigenvalue weighted by Gasteiger charge is -2.32. The molecule has 0 aliphatic carbocycles. The van der Waals surface area contributed by atoms with Crippen molar-refractivity contribution in [2.24, 2.45) is 11.7 Å². The molecule has 2 aromatic heterocycles. The molecule has 0 saturated carbocycles. The molecular formula is C14H21N5. The zero-order valence-corrected chi connectivity index (χ0v) is 11.4. The standard InChI is InChI=1S/C14H21N5/c1-11-10-13-14(16-6-9-19(13)17-11)18-7-3-12(2-5-15)4-8-18/h6,9-10,12H,2-5,7-8,15H2,1H3. The van der Waals surface area contributed by atoms with E-state index in [0.29, 0.717) is 0 Å². The van der Waals surface area contributed by atoms with Gasteiger partial charge in [-0.2, -0.15) is 5.10 Å². The van der Waals surface area contributed by atoms with Gasteiger partial charge in [0.05, 0.1) is 5.69 Å². The number of aromatic nitrogens is 3. The molecule has 1 saturated heterocycles. The molecule has 1 fully saturated rings. The molecule has 0 radical (unpaired) electrons. The van der Waals surface area contributed by atoms with Crippen LogP contribution in [0, 0.1) is 12.8 Å². The van der Waals surface area contributed by atoms with E-state index in [0.717, 1.165) is 49.0 Å². The van der Waals surface area contributed by atoms with Gasteiger partial charge in [-0.1, -0.05) is 0 Å². The largest absolute Gasteiger partial charge is 0.355 e. The predicted octanol–water partition coefficient (Wildman–Crippen LogP) is 1.60. The van der Waals surface area contributed by atoms with Crippen molar-refractivity contribution in [2.75, 3.05) is 24.5 Å². The summed E-state index contributed by atoms with van der Waals surface area (Å²) >= 11 is 0. The maximum Gasteiger partial charge on any atom is 0.154 e. The van der Waals surface area contributed by atoms with Crippen molar-refractivity contribution in [1.82, 2.24) is 14.6 Å². The van der Waals surface area contributed by atoms with Crippen molar-refractivity contribution in [2.45, 2.75) is 26.2 Å². The number of piperidine rings is 1. The van der Waals surface area contributed by atoms with Gasteiger partial charge in [0.2, 0.25) is 0 Å². The van der Waals surface area contributed by atoms with E-state index in [1.54, 1.807) is 0 Å². The highest BCUT2D eigenvalue weighted by molar-refractivity contribution is 5.69. The molecule has 0 aromatic carbocycles. The molecule has 3 heterocycles. The van der Waals surface area contributed by atoms with Crippen LogP contribution >= 0.6 is 0 Å². The van der Waals surface area contributed by atoms with Gasteiger partial charge in [0.15, 0.2) is 5.82 Å². The molecule has 5 nitrogen and oxygen atoms in total. The minimum atomic E-state index is 0.785. The summed E-state index contributed by atoms with van der Waals surface area (Å²) < 4.78 is 1.92. The molecule has 0 amide bonds. The molecule has 1 aliphatic heterocycles. The van der Waals surface area contributed by atoms with Crippen LogP contribution in [0.1, 0.15) is 25.0 Å². The third kappa shape index (κ3) is 2.42. The molecule has 19 heavy (non-hydrogen) atoms. The maximum absolute atomic E-state index is 5.64. The average Bonchev–Trinajstić information content (AvgIpc) is 2.80. The highest BCUT2D eigenvalue weighted by Crippen LogP contribution is 2.26. The van der Waals surface area contributed by atoms with Crippen molar-refractivity contribution in [3.8, 4) is 0 Å². The fraction of sp³-hybridized carbons (Fsp3) is 0.571. The van der Waals surface area contributed by atoms with Gasteiger partial charge in [-0.3, -0.25) is 0 Å². The second-order valence-electron chi connectivity index (χ2n) is 5.37. The number of hydrogen-bond donors (Lipinski definition) is 1. The first-order valence-corrected chi connectivity index (χ1v) is 7.04. The van der Waals surface area contributed by atoms with Crippen LogP contribution in [0.2, 0.25) is 0 Å². The first kappa shape index (κ1) is 12.4. The summed E-state index contributed by atoms with van der Waals surface area (Å²) in [6.45, 7) is 4.97. The Bertz CT molecular complexity index is 554. The number of fused-ring (bicyclic) bond motifs is 1. The summed E-state index contributed by atoms with van der Waals surface area (Å²) in [5.74, 6) is 1.85. The van der Waals surface area contributed by atoms with Crippen molar-refractivity contribution in [3.05, 3.63) is 24.2 Å². The van der Waals surface area contributed by atoms with E-state index in [1.807, 2.05) is 23.8 Å². The maximum atomic E-state index is 5.64. The second-order valence-corrected chi connectivity index (χ2v) is 5.37. The Balaban J connectivity index is 1.81. The Hall–Kier alpha value is -1.62. The van der Waals surface area contributed by atoms with Crippen LogP contribution < -0.4 is 10.6 Å². The molecule has 0 bridgehead atoms. The topological polar surface area (TPSA) is 59.5 Å². The van der Waals surface area contributed by atoms with E-state index in [2.05, 4.69) is 21.0 Å². The smallest absolute Gasteiger partial charge is 0.154 e. The Morgan fingerprint density at radius 3 is 2.89 bits per heavy atom. The molecule has 3 rings (SSSR count). The van der Waals surface area contributed by atoms with Gasteiger partial charge in [-0.15, -0.1) is 0 Å². The van der Waals surface area contributed by atoms with E-state index in [-0.39, 0.29) is 0 Å². The highest BCUT2D eigenvalue weighted by Gasteiger charge is 2.21. The van der Waals surface area contributed by atoms with Gasteiger partial charge < -0.3 is 10.6 Å². The van der Waals surface area contributed by atoms with Gasteiger partial charge in [-0.25, -0.2) is 9.50 Å². The fourth-order valence-corrected chi connectivity index (χ4v) is 2.94. The average molecular weight is 259 g/mol. The Morgan fingerprint density at radius 1 is 1.37 bits per heavy atom. The lowest BCUT2D eigenvalue weighted by Crippen LogP contribution is -2.35. The third-order valence-electron chi connectivity index (χ3n) is 3.98. The van der Waals surface area contributed by atoms with Crippen LogP contribution in [-0.4, -0.2) is 34.2 Å². The van der Waals surface area contributed by atoms with Crippen LogP contribution in [0.5, 0.6) is 0 Å². The zero-order valence-electron chi connectivity index (χ0n) is 11.4. The van der Waals surface area contributed by atoms with E-state index < -0.39 is 0 Å². The summed E-state index contributed by atoms with van der Waals surface area (Å²) in [5.41, 5.74) is 7.79. The van der Waals surface area contributed by atoms with Crippen LogP contribution in [0.15, 0.2) is 18.5 Å². The normalized spacial score (nSPS) is 17.3. The molecule has 2 N–H and O–H groups in total. The molecular weight excluding hydrogens is 238 g/mol. The van der Waals surface area contributed by atoms with Gasteiger partial charge in [-0.05, 0) is 44.7 Å². The Kier molecular flexibility index (Phi) is 3.38. The van der Waals surface area contributed by atoms with E-state index in [4.69, 9.17) is 5.73 Å². The third-order valence-corrected chi connectivity index (χ3v) is 3.98. The minimum Gasteiger partial charge on any atom is -0.355 e. The number of hydrogen-bond acceptors (Lipinski definition) is 4. The SMILES string of the molecule is Cc1cc2c(N3CCC(CCN)CC3)nccn2n1. The molecule has 0 atom stereocenters. The summed E-state index contributed by atoms with van der Waals surface area (Å²) in [4.78, 5) is 6.93. The lowest BCUT2D eigenvalue weighted by molar-refractivity contribution is 0.385. The van der Waals surface area contributed by atoms with Crippen molar-refractivity contribution >= 4 is 11.3 Å². The minimum absolute atomic E-state index is 0.785. The molecule has 0 spiro atoms. The summed E-state index contributed by atoms with van der Waals surface area (Å²) in [7, 11) is 0. The zero-order chi connectivity index (χ0) is 13.2. The molecule has 1 aliphatic rings. The van der Waals surface area contributed by atoms with Crippen LogP contribution in [0.3, 0.4) is 0 Å². The van der Waals surface area contributed by atoms with Crippen molar-refractivity contribution < 1.29 is 0 Å². The molecule has 102 valence electrons. The molecule has 5 heteroatoms. The second kappa shape index (κ2) is 5.17. The number of nitrogens with zero attached hydrogens (tertiary/aromatic N) is 4. The van der Waals surface area contributed by atoms with Gasteiger partial charge in [0.25, 0.3) is 0 Å². The van der Waals surface area contributed by atoms with E-state index in [9.17, 15) is 0 Å². The summed E-state index contributed by atoms with van der Waals surface area (Å²) in [6.07, 6.45) is 7.32. The first-order chi connectivity index (χ1) is 9.28. The first-order valence-electron chi connectivity index (χ1n) is 7.04. The monoisotopic (exact) mass is 259 g/mol. The van der Waals surface area contributed by atoms with Gasteiger partial charge in [0.1, 0.15) is 5.52 Å². The Morgan fingerprint density at radius 2 is 2.16 bits per heavy atom. The summed E-state index contributed by atoms with van der Waals surface area (Å²) in [6, 6.07) is 2.11. The lowest BCUT2D eigenvalue weighted by atomic mass is 9.93. The van der Waals surface area contributed by atoms with Crippen LogP contribution in [0.25, 0.3) is 5.52 Å². The van der Waals surface area contributed by atoms with Gasteiger partial charge >= 0.3 is 0 Å². The van der Waals surface area contributed by atoms with Crippen molar-refractivity contribution in [1.29, 1.82) is 0 Å². The van der Waals surface area contributed by atoms with Crippen LogP contribution in [0.4, 0.5) is 5.82 Å². The number of anilines is 1. The highest BCUT2D eigenvalue weighted by atomic mass is 15.3. The fourth-order valence-electron chi connectivity index (χ4n) is 2.94. The number of nitrogens with two attached hydrogens (primary N) is 1.